The zero-order chi connectivity index (χ0) is 26.9. The van der Waals surface area contributed by atoms with Gasteiger partial charge in [0.05, 0.1) is 57.2 Å². The maximum absolute atomic E-state index is 13.1. The Labute approximate surface area is 217 Å². The quantitative estimate of drug-likeness (QED) is 0.569. The van der Waals surface area contributed by atoms with E-state index in [1.807, 2.05) is 13.8 Å². The molecule has 1 aromatic carbocycles. The summed E-state index contributed by atoms with van der Waals surface area (Å²) in [5.74, 6) is 0.924. The lowest BCUT2D eigenvalue weighted by atomic mass is 10.0. The topological polar surface area (TPSA) is 131 Å². The van der Waals surface area contributed by atoms with Gasteiger partial charge in [0.1, 0.15) is 11.5 Å². The van der Waals surface area contributed by atoms with Crippen molar-refractivity contribution in [3.8, 4) is 11.5 Å². The zero-order valence-electron chi connectivity index (χ0n) is 22.2. The van der Waals surface area contributed by atoms with E-state index in [-0.39, 0.29) is 43.7 Å². The number of hydrogen-bond donors (Lipinski definition) is 2. The van der Waals surface area contributed by atoms with E-state index in [4.69, 9.17) is 14.2 Å². The number of nitrogens with one attached hydrogen (secondary N) is 1. The Balaban J connectivity index is 1.78. The minimum absolute atomic E-state index is 0.0351. The lowest BCUT2D eigenvalue weighted by Crippen LogP contribution is -2.48. The highest BCUT2D eigenvalue weighted by Crippen LogP contribution is 2.29. The molecule has 0 bridgehead atoms. The molecule has 2 N–H and O–H groups in total. The molecule has 0 unspecified atom stereocenters. The predicted molar refractivity (Wildman–Crippen MR) is 136 cm³/mol. The van der Waals surface area contributed by atoms with Gasteiger partial charge in [-0.2, -0.15) is 0 Å². The summed E-state index contributed by atoms with van der Waals surface area (Å²) in [5, 5.41) is 20.7. The first kappa shape index (κ1) is 28.2. The molecule has 2 heterocycles. The number of anilines is 1. The lowest BCUT2D eigenvalue weighted by molar-refractivity contribution is -0.136. The van der Waals surface area contributed by atoms with E-state index in [2.05, 4.69) is 15.6 Å². The van der Waals surface area contributed by atoms with Crippen LogP contribution in [0.3, 0.4) is 0 Å². The number of amides is 3. The van der Waals surface area contributed by atoms with Gasteiger partial charge in [-0.05, 0) is 25.5 Å². The Kier molecular flexibility index (Phi) is 10.1. The number of ether oxygens (including phenoxy) is 3. The summed E-state index contributed by atoms with van der Waals surface area (Å²) in [6.45, 7) is 5.14. The molecule has 1 aliphatic heterocycles. The second-order valence-electron chi connectivity index (χ2n) is 9.33. The average Bonchev–Trinajstić information content (AvgIpc) is 3.35. The summed E-state index contributed by atoms with van der Waals surface area (Å²) < 4.78 is 18.6. The number of nitrogens with zero attached hydrogens (tertiary/aromatic N) is 5. The number of rotatable bonds is 7. The second-order valence-corrected chi connectivity index (χ2v) is 9.33. The lowest BCUT2D eigenvalue weighted by Gasteiger charge is -2.35. The van der Waals surface area contributed by atoms with Crippen molar-refractivity contribution in [2.24, 2.45) is 5.92 Å². The third kappa shape index (κ3) is 7.32. The number of benzene rings is 1. The van der Waals surface area contributed by atoms with E-state index < -0.39 is 6.10 Å². The first-order valence-corrected chi connectivity index (χ1v) is 12.4. The van der Waals surface area contributed by atoms with Crippen molar-refractivity contribution >= 4 is 17.6 Å². The van der Waals surface area contributed by atoms with Crippen LogP contribution in [0.1, 0.15) is 32.4 Å². The van der Waals surface area contributed by atoms with Crippen LogP contribution in [-0.4, -0.2) is 94.9 Å². The number of carbonyl (C=O) groups is 2. The molecule has 0 spiro atoms. The Hall–Kier alpha value is -3.38. The van der Waals surface area contributed by atoms with Crippen molar-refractivity contribution in [3.05, 3.63) is 30.1 Å². The largest absolute Gasteiger partial charge is 0.497 e. The van der Waals surface area contributed by atoms with Crippen LogP contribution in [0.5, 0.6) is 11.5 Å². The first-order chi connectivity index (χ1) is 17.8. The highest BCUT2D eigenvalue weighted by atomic mass is 16.5. The van der Waals surface area contributed by atoms with Crippen LogP contribution in [0.4, 0.5) is 10.5 Å². The second kappa shape index (κ2) is 13.2. The molecule has 204 valence electrons. The van der Waals surface area contributed by atoms with Crippen molar-refractivity contribution in [2.75, 3.05) is 46.3 Å². The van der Waals surface area contributed by atoms with Crippen LogP contribution >= 0.6 is 0 Å². The van der Waals surface area contributed by atoms with Gasteiger partial charge in [-0.3, -0.25) is 4.79 Å². The minimum atomic E-state index is -0.405. The number of aromatic nitrogens is 3. The summed E-state index contributed by atoms with van der Waals surface area (Å²) in [6, 6.07) is 4.48. The highest BCUT2D eigenvalue weighted by molar-refractivity contribution is 5.91. The van der Waals surface area contributed by atoms with Crippen LogP contribution in [-0.2, 0) is 22.7 Å². The van der Waals surface area contributed by atoms with Crippen molar-refractivity contribution in [3.63, 3.8) is 0 Å². The predicted octanol–water partition coefficient (Wildman–Crippen LogP) is 1.98. The SMILES string of the molecule is COc1ccc(NC(=O)N(C)C[C@@H]2OCc3cnnn3CCCC(=O)N([C@@H](C)CO)C[C@H]2C)c(OC)c1. The zero-order valence-corrected chi connectivity index (χ0v) is 22.2. The van der Waals surface area contributed by atoms with Gasteiger partial charge in [-0.25, -0.2) is 9.48 Å². The number of hydrogen-bond acceptors (Lipinski definition) is 8. The third-order valence-corrected chi connectivity index (χ3v) is 6.59. The fraction of sp³-hybridized carbons (Fsp3) is 0.600. The molecule has 2 aromatic rings. The molecule has 0 radical (unpaired) electrons. The normalized spacial score (nSPS) is 19.7. The first-order valence-electron chi connectivity index (χ1n) is 12.4. The number of carbonyl (C=O) groups excluding carboxylic acids is 2. The Morgan fingerprint density at radius 3 is 2.84 bits per heavy atom. The van der Waals surface area contributed by atoms with Crippen LogP contribution in [0.2, 0.25) is 0 Å². The minimum Gasteiger partial charge on any atom is -0.497 e. The molecule has 12 nitrogen and oxygen atoms in total. The van der Waals surface area contributed by atoms with Crippen molar-refractivity contribution in [2.45, 2.75) is 52.0 Å². The average molecular weight is 519 g/mol. The monoisotopic (exact) mass is 518 g/mol. The van der Waals surface area contributed by atoms with Crippen LogP contribution in [0.15, 0.2) is 24.4 Å². The Bertz CT molecular complexity index is 1050. The smallest absolute Gasteiger partial charge is 0.321 e. The third-order valence-electron chi connectivity index (χ3n) is 6.59. The molecular weight excluding hydrogens is 480 g/mol. The van der Waals surface area contributed by atoms with Gasteiger partial charge in [0.25, 0.3) is 0 Å². The molecule has 12 heteroatoms. The summed E-state index contributed by atoms with van der Waals surface area (Å²) in [6.07, 6.45) is 2.20. The molecule has 3 amide bonds. The van der Waals surface area contributed by atoms with Crippen molar-refractivity contribution < 1.29 is 28.9 Å². The van der Waals surface area contributed by atoms with Crippen molar-refractivity contribution in [1.82, 2.24) is 24.8 Å². The molecule has 37 heavy (non-hydrogen) atoms. The van der Waals surface area contributed by atoms with E-state index >= 15 is 0 Å². The summed E-state index contributed by atoms with van der Waals surface area (Å²) in [4.78, 5) is 29.3. The summed E-state index contributed by atoms with van der Waals surface area (Å²) in [5.41, 5.74) is 1.32. The molecule has 3 rings (SSSR count). The Morgan fingerprint density at radius 1 is 1.35 bits per heavy atom. The summed E-state index contributed by atoms with van der Waals surface area (Å²) in [7, 11) is 4.76. The molecule has 1 aromatic heterocycles. The molecule has 0 fully saturated rings. The number of fused-ring (bicyclic) bond motifs is 1. The van der Waals surface area contributed by atoms with Gasteiger partial charge in [0, 0.05) is 45.1 Å². The van der Waals surface area contributed by atoms with E-state index in [1.165, 1.54) is 12.0 Å². The standard InChI is InChI=1S/C25H38N6O6/c1-17-13-30(18(2)15-32)24(33)7-6-10-31-19(12-26-28-31)16-37-23(17)14-29(3)25(34)27-21-9-8-20(35-4)11-22(21)36-5/h8-9,11-12,17-18,23,32H,6-7,10,13-16H2,1-5H3,(H,27,34)/t17-,18+,23+/m1/s1. The van der Waals surface area contributed by atoms with Gasteiger partial charge in [-0.1, -0.05) is 12.1 Å². The van der Waals surface area contributed by atoms with Crippen LogP contribution in [0.25, 0.3) is 0 Å². The van der Waals surface area contributed by atoms with E-state index in [0.717, 1.165) is 5.69 Å². The fourth-order valence-electron chi connectivity index (χ4n) is 4.21. The van der Waals surface area contributed by atoms with Gasteiger partial charge in [-0.15, -0.1) is 5.10 Å². The molecule has 0 aliphatic carbocycles. The van der Waals surface area contributed by atoms with Gasteiger partial charge >= 0.3 is 6.03 Å². The molecule has 0 saturated heterocycles. The maximum Gasteiger partial charge on any atom is 0.321 e. The number of aliphatic hydroxyl groups is 1. The molecule has 0 saturated carbocycles. The number of methoxy groups -OCH3 is 2. The van der Waals surface area contributed by atoms with Crippen LogP contribution in [0, 0.1) is 5.92 Å². The number of urea groups is 1. The van der Waals surface area contributed by atoms with Gasteiger partial charge < -0.3 is 34.4 Å². The van der Waals surface area contributed by atoms with Crippen LogP contribution < -0.4 is 14.8 Å². The number of likely N-dealkylation sites (N-methyl/N-ethyl adjacent to an activating group) is 1. The molecule has 3 atom stereocenters. The van der Waals surface area contributed by atoms with Gasteiger partial charge in [0.2, 0.25) is 5.91 Å². The van der Waals surface area contributed by atoms with E-state index in [9.17, 15) is 14.7 Å². The van der Waals surface area contributed by atoms with Gasteiger partial charge in [0.15, 0.2) is 0 Å². The molecular formula is C25H38N6O6. The molecule has 1 aliphatic rings. The fourth-order valence-corrected chi connectivity index (χ4v) is 4.21. The number of aliphatic hydroxyl groups excluding tert-OH is 1. The van der Waals surface area contributed by atoms with E-state index in [1.54, 1.807) is 48.1 Å². The summed E-state index contributed by atoms with van der Waals surface area (Å²) >= 11 is 0. The van der Waals surface area contributed by atoms with E-state index in [0.29, 0.717) is 43.1 Å². The number of aryl methyl sites for hydroxylation is 1. The highest BCUT2D eigenvalue weighted by Gasteiger charge is 2.29. The Morgan fingerprint density at radius 2 is 2.14 bits per heavy atom. The van der Waals surface area contributed by atoms with Crippen molar-refractivity contribution in [1.29, 1.82) is 0 Å². The maximum atomic E-state index is 13.1.